The molecule has 114 valence electrons. The maximum Gasteiger partial charge on any atom is 0.248 e. The highest BCUT2D eigenvalue weighted by Crippen LogP contribution is 2.24. The molecule has 1 atom stereocenters. The van der Waals surface area contributed by atoms with Gasteiger partial charge in [0.25, 0.3) is 0 Å². The van der Waals surface area contributed by atoms with Crippen molar-refractivity contribution >= 4 is 11.8 Å². The van der Waals surface area contributed by atoms with E-state index in [1.54, 1.807) is 13.2 Å². The first-order valence-corrected chi connectivity index (χ1v) is 7.17. The molecule has 0 radical (unpaired) electrons. The second-order valence-corrected chi connectivity index (χ2v) is 5.61. The minimum absolute atomic E-state index is 0.181. The molecule has 1 heterocycles. The fourth-order valence-electron chi connectivity index (χ4n) is 2.76. The average Bonchev–Trinajstić information content (AvgIpc) is 2.78. The lowest BCUT2D eigenvalue weighted by atomic mass is 9.94. The standard InChI is InChI=1S/C16H22N2O3/c1-11-3-4-13(16(17)20)9-14(11)7-12-8-15(19)18(10-12)5-6-21-2/h3-4,9,12H,5-8,10H2,1-2H3,(H2,17,20)/t12-/m0/s1. The number of carbonyl (C=O) groups excluding carboxylic acids is 2. The highest BCUT2D eigenvalue weighted by Gasteiger charge is 2.29. The van der Waals surface area contributed by atoms with Gasteiger partial charge in [0.2, 0.25) is 11.8 Å². The summed E-state index contributed by atoms with van der Waals surface area (Å²) in [6, 6.07) is 5.50. The monoisotopic (exact) mass is 290 g/mol. The first-order chi connectivity index (χ1) is 10.0. The second kappa shape index (κ2) is 6.72. The molecule has 1 fully saturated rings. The Morgan fingerprint density at radius 3 is 2.90 bits per heavy atom. The Labute approximate surface area is 125 Å². The van der Waals surface area contributed by atoms with E-state index in [2.05, 4.69) is 0 Å². The zero-order chi connectivity index (χ0) is 15.4. The van der Waals surface area contributed by atoms with E-state index in [1.807, 2.05) is 24.0 Å². The van der Waals surface area contributed by atoms with Crippen LogP contribution in [0, 0.1) is 12.8 Å². The molecule has 2 N–H and O–H groups in total. The smallest absolute Gasteiger partial charge is 0.248 e. The summed E-state index contributed by atoms with van der Waals surface area (Å²) in [5.74, 6) is 0.0532. The number of hydrogen-bond acceptors (Lipinski definition) is 3. The third kappa shape index (κ3) is 3.82. The highest BCUT2D eigenvalue weighted by atomic mass is 16.5. The number of primary amides is 1. The number of likely N-dealkylation sites (tertiary alicyclic amines) is 1. The Morgan fingerprint density at radius 1 is 1.48 bits per heavy atom. The van der Waals surface area contributed by atoms with Gasteiger partial charge < -0.3 is 15.4 Å². The summed E-state index contributed by atoms with van der Waals surface area (Å²) in [5, 5.41) is 0. The van der Waals surface area contributed by atoms with Crippen LogP contribution in [-0.2, 0) is 16.0 Å². The normalized spacial score (nSPS) is 18.3. The Balaban J connectivity index is 2.04. The van der Waals surface area contributed by atoms with Gasteiger partial charge in [0.1, 0.15) is 0 Å². The molecule has 1 aromatic carbocycles. The molecule has 2 rings (SSSR count). The predicted molar refractivity (Wildman–Crippen MR) is 80.0 cm³/mol. The molecule has 0 bridgehead atoms. The van der Waals surface area contributed by atoms with Gasteiger partial charge in [0.15, 0.2) is 0 Å². The number of hydrogen-bond donors (Lipinski definition) is 1. The van der Waals surface area contributed by atoms with Crippen LogP contribution in [0.15, 0.2) is 18.2 Å². The molecule has 0 aromatic heterocycles. The van der Waals surface area contributed by atoms with Gasteiger partial charge in [-0.05, 0) is 42.5 Å². The van der Waals surface area contributed by atoms with E-state index in [0.717, 1.165) is 24.1 Å². The van der Waals surface area contributed by atoms with Crippen molar-refractivity contribution in [2.24, 2.45) is 11.7 Å². The zero-order valence-corrected chi connectivity index (χ0v) is 12.6. The molecular weight excluding hydrogens is 268 g/mol. The first-order valence-electron chi connectivity index (χ1n) is 7.17. The summed E-state index contributed by atoms with van der Waals surface area (Å²) in [6.45, 7) is 3.97. The van der Waals surface area contributed by atoms with Gasteiger partial charge in [0.05, 0.1) is 6.61 Å². The first kappa shape index (κ1) is 15.5. The van der Waals surface area contributed by atoms with Crippen LogP contribution in [0.4, 0.5) is 0 Å². The van der Waals surface area contributed by atoms with Crippen molar-refractivity contribution in [2.45, 2.75) is 19.8 Å². The van der Waals surface area contributed by atoms with Gasteiger partial charge in [-0.3, -0.25) is 9.59 Å². The maximum absolute atomic E-state index is 11.9. The quantitative estimate of drug-likeness (QED) is 0.853. The zero-order valence-electron chi connectivity index (χ0n) is 12.6. The number of carbonyl (C=O) groups is 2. The third-order valence-electron chi connectivity index (χ3n) is 4.00. The van der Waals surface area contributed by atoms with Crippen molar-refractivity contribution in [3.05, 3.63) is 34.9 Å². The molecule has 0 unspecified atom stereocenters. The van der Waals surface area contributed by atoms with E-state index >= 15 is 0 Å². The van der Waals surface area contributed by atoms with Crippen LogP contribution in [0.25, 0.3) is 0 Å². The second-order valence-electron chi connectivity index (χ2n) is 5.61. The van der Waals surface area contributed by atoms with Crippen molar-refractivity contribution in [1.82, 2.24) is 4.90 Å². The Kier molecular flexibility index (Phi) is 4.96. The molecule has 1 aliphatic heterocycles. The number of rotatable bonds is 6. The van der Waals surface area contributed by atoms with Crippen LogP contribution in [-0.4, -0.2) is 43.5 Å². The van der Waals surface area contributed by atoms with Crippen LogP contribution in [0.5, 0.6) is 0 Å². The van der Waals surface area contributed by atoms with Crippen molar-refractivity contribution in [3.8, 4) is 0 Å². The average molecular weight is 290 g/mol. The SMILES string of the molecule is COCCN1C[C@@H](Cc2cc(C(N)=O)ccc2C)CC1=O. The number of amides is 2. The van der Waals surface area contributed by atoms with E-state index in [0.29, 0.717) is 25.1 Å². The summed E-state index contributed by atoms with van der Waals surface area (Å²) in [5.41, 5.74) is 8.07. The number of ether oxygens (including phenoxy) is 1. The van der Waals surface area contributed by atoms with E-state index in [-0.39, 0.29) is 11.8 Å². The predicted octanol–water partition coefficient (Wildman–Crippen LogP) is 1.13. The van der Waals surface area contributed by atoms with E-state index in [4.69, 9.17) is 10.5 Å². The molecule has 2 amide bonds. The maximum atomic E-state index is 11.9. The van der Waals surface area contributed by atoms with E-state index in [9.17, 15) is 9.59 Å². The van der Waals surface area contributed by atoms with Gasteiger partial charge in [0, 0.05) is 32.2 Å². The van der Waals surface area contributed by atoms with Gasteiger partial charge >= 0.3 is 0 Å². The van der Waals surface area contributed by atoms with Crippen molar-refractivity contribution in [2.75, 3.05) is 26.8 Å². The number of aryl methyl sites for hydroxylation is 1. The molecule has 5 heteroatoms. The molecular formula is C16H22N2O3. The summed E-state index contributed by atoms with van der Waals surface area (Å²) in [4.78, 5) is 25.1. The minimum Gasteiger partial charge on any atom is -0.383 e. The largest absolute Gasteiger partial charge is 0.383 e. The number of methoxy groups -OCH3 is 1. The molecule has 1 aliphatic rings. The Morgan fingerprint density at radius 2 is 2.24 bits per heavy atom. The van der Waals surface area contributed by atoms with Crippen LogP contribution >= 0.6 is 0 Å². The molecule has 0 saturated carbocycles. The topological polar surface area (TPSA) is 72.6 Å². The lowest BCUT2D eigenvalue weighted by Gasteiger charge is -2.16. The molecule has 5 nitrogen and oxygen atoms in total. The fourth-order valence-corrected chi connectivity index (χ4v) is 2.76. The lowest BCUT2D eigenvalue weighted by Crippen LogP contribution is -2.29. The summed E-state index contributed by atoms with van der Waals surface area (Å²) in [7, 11) is 1.64. The van der Waals surface area contributed by atoms with E-state index in [1.165, 1.54) is 0 Å². The minimum atomic E-state index is -0.416. The number of nitrogens with zero attached hydrogens (tertiary/aromatic N) is 1. The summed E-state index contributed by atoms with van der Waals surface area (Å²) < 4.78 is 5.02. The van der Waals surface area contributed by atoms with Crippen molar-refractivity contribution in [3.63, 3.8) is 0 Å². The Hall–Kier alpha value is -1.88. The Bertz CT molecular complexity index is 542. The molecule has 0 spiro atoms. The lowest BCUT2D eigenvalue weighted by molar-refractivity contribution is -0.128. The van der Waals surface area contributed by atoms with Gasteiger partial charge in [-0.25, -0.2) is 0 Å². The van der Waals surface area contributed by atoms with Crippen LogP contribution in [0.1, 0.15) is 27.9 Å². The summed E-state index contributed by atoms with van der Waals surface area (Å²) >= 11 is 0. The van der Waals surface area contributed by atoms with Crippen LogP contribution in [0.2, 0.25) is 0 Å². The van der Waals surface area contributed by atoms with Crippen LogP contribution < -0.4 is 5.73 Å². The molecule has 21 heavy (non-hydrogen) atoms. The van der Waals surface area contributed by atoms with Crippen molar-refractivity contribution < 1.29 is 14.3 Å². The van der Waals surface area contributed by atoms with Crippen molar-refractivity contribution in [1.29, 1.82) is 0 Å². The van der Waals surface area contributed by atoms with Gasteiger partial charge in [-0.2, -0.15) is 0 Å². The summed E-state index contributed by atoms with van der Waals surface area (Å²) in [6.07, 6.45) is 1.35. The van der Waals surface area contributed by atoms with Crippen LogP contribution in [0.3, 0.4) is 0 Å². The molecule has 0 aliphatic carbocycles. The number of nitrogens with two attached hydrogens (primary N) is 1. The highest BCUT2D eigenvalue weighted by molar-refractivity contribution is 5.93. The molecule has 1 aromatic rings. The molecule has 1 saturated heterocycles. The fraction of sp³-hybridized carbons (Fsp3) is 0.500. The third-order valence-corrected chi connectivity index (χ3v) is 4.00. The van der Waals surface area contributed by atoms with E-state index < -0.39 is 5.91 Å². The van der Waals surface area contributed by atoms with Gasteiger partial charge in [-0.15, -0.1) is 0 Å². The van der Waals surface area contributed by atoms with Gasteiger partial charge in [-0.1, -0.05) is 6.07 Å². The number of benzene rings is 1.